The molecule has 0 radical (unpaired) electrons. The first-order valence-corrected chi connectivity index (χ1v) is 8.76. The predicted octanol–water partition coefficient (Wildman–Crippen LogP) is 4.69. The number of ether oxygens (including phenoxy) is 1. The second kappa shape index (κ2) is 8.49. The summed E-state index contributed by atoms with van der Waals surface area (Å²) in [5, 5.41) is 4.03. The average molecular weight is 413 g/mol. The summed E-state index contributed by atoms with van der Waals surface area (Å²) in [6.45, 7) is 2.17. The Kier molecular flexibility index (Phi) is 5.86. The zero-order valence-electron chi connectivity index (χ0n) is 14.1. The number of benzene rings is 2. The lowest BCUT2D eigenvalue weighted by atomic mass is 10.2. The number of hydrogen-bond acceptors (Lipinski definition) is 4. The van der Waals surface area contributed by atoms with Gasteiger partial charge in [0.15, 0.2) is 0 Å². The highest BCUT2D eigenvalue weighted by Crippen LogP contribution is 2.23. The van der Waals surface area contributed by atoms with Gasteiger partial charge in [-0.05, 0) is 36.8 Å². The number of nitrogens with one attached hydrogen (secondary N) is 1. The number of hydrogen-bond donors (Lipinski definition) is 1. The van der Waals surface area contributed by atoms with E-state index < -0.39 is 0 Å². The molecule has 1 heterocycles. The Bertz CT molecular complexity index is 920. The van der Waals surface area contributed by atoms with Crippen LogP contribution in [0.4, 0.5) is 0 Å². The number of furan rings is 1. The van der Waals surface area contributed by atoms with Gasteiger partial charge in [0.25, 0.3) is 5.91 Å². The maximum Gasteiger partial charge on any atom is 0.274 e. The minimum Gasteiger partial charge on any atom is -0.488 e. The van der Waals surface area contributed by atoms with Crippen molar-refractivity contribution >= 4 is 28.1 Å². The summed E-state index contributed by atoms with van der Waals surface area (Å²) in [4.78, 5) is 12.1. The van der Waals surface area contributed by atoms with Crippen molar-refractivity contribution in [1.29, 1.82) is 0 Å². The zero-order valence-corrected chi connectivity index (χ0v) is 15.7. The van der Waals surface area contributed by atoms with Crippen LogP contribution in [0.3, 0.4) is 0 Å². The Hall–Kier alpha value is -2.86. The molecule has 6 heteroatoms. The first-order valence-electron chi connectivity index (χ1n) is 7.97. The molecule has 26 heavy (non-hydrogen) atoms. The topological polar surface area (TPSA) is 63.8 Å². The SMILES string of the molecule is Cc1occc1C(=O)N/N=C/c1cc(Br)ccc1OCc1ccccc1. The molecule has 2 aromatic carbocycles. The summed E-state index contributed by atoms with van der Waals surface area (Å²) >= 11 is 3.44. The van der Waals surface area contributed by atoms with Crippen LogP contribution in [0.1, 0.15) is 27.2 Å². The number of carbonyl (C=O) groups excluding carboxylic acids is 1. The number of carbonyl (C=O) groups is 1. The van der Waals surface area contributed by atoms with E-state index in [0.717, 1.165) is 15.6 Å². The van der Waals surface area contributed by atoms with Gasteiger partial charge in [0.05, 0.1) is 18.0 Å². The Balaban J connectivity index is 1.69. The van der Waals surface area contributed by atoms with Gasteiger partial charge in [-0.25, -0.2) is 5.43 Å². The van der Waals surface area contributed by atoms with Gasteiger partial charge < -0.3 is 9.15 Å². The molecule has 0 aliphatic heterocycles. The average Bonchev–Trinajstić information content (AvgIpc) is 3.08. The normalized spacial score (nSPS) is 10.8. The van der Waals surface area contributed by atoms with Crippen LogP contribution in [0.25, 0.3) is 0 Å². The molecule has 0 saturated carbocycles. The lowest BCUT2D eigenvalue weighted by Gasteiger charge is -2.09. The summed E-state index contributed by atoms with van der Waals surface area (Å²) in [6, 6.07) is 17.1. The molecule has 0 spiro atoms. The van der Waals surface area contributed by atoms with Crippen LogP contribution in [-0.4, -0.2) is 12.1 Å². The molecule has 0 aliphatic carbocycles. The van der Waals surface area contributed by atoms with Crippen molar-refractivity contribution in [3.63, 3.8) is 0 Å². The van der Waals surface area contributed by atoms with Gasteiger partial charge in [0.2, 0.25) is 0 Å². The number of nitrogens with zero attached hydrogens (tertiary/aromatic N) is 1. The molecular formula is C20H17BrN2O3. The number of hydrazone groups is 1. The molecule has 5 nitrogen and oxygen atoms in total. The lowest BCUT2D eigenvalue weighted by Crippen LogP contribution is -2.17. The van der Waals surface area contributed by atoms with Gasteiger partial charge in [-0.2, -0.15) is 5.10 Å². The summed E-state index contributed by atoms with van der Waals surface area (Å²) in [5.41, 5.74) is 4.77. The van der Waals surface area contributed by atoms with Gasteiger partial charge in [-0.1, -0.05) is 46.3 Å². The highest BCUT2D eigenvalue weighted by atomic mass is 79.9. The van der Waals surface area contributed by atoms with E-state index in [-0.39, 0.29) is 5.91 Å². The number of aryl methyl sites for hydroxylation is 1. The molecule has 0 fully saturated rings. The summed E-state index contributed by atoms with van der Waals surface area (Å²) in [5.74, 6) is 0.899. The fourth-order valence-corrected chi connectivity index (χ4v) is 2.71. The lowest BCUT2D eigenvalue weighted by molar-refractivity contribution is 0.0953. The van der Waals surface area contributed by atoms with Crippen LogP contribution in [0.2, 0.25) is 0 Å². The van der Waals surface area contributed by atoms with Gasteiger partial charge in [-0.3, -0.25) is 4.79 Å². The number of halogens is 1. The van der Waals surface area contributed by atoms with Crippen LogP contribution >= 0.6 is 15.9 Å². The second-order valence-electron chi connectivity index (χ2n) is 5.55. The van der Waals surface area contributed by atoms with E-state index in [0.29, 0.717) is 23.7 Å². The smallest absolute Gasteiger partial charge is 0.274 e. The third-order valence-electron chi connectivity index (χ3n) is 3.68. The molecular weight excluding hydrogens is 396 g/mol. The largest absolute Gasteiger partial charge is 0.488 e. The highest BCUT2D eigenvalue weighted by Gasteiger charge is 2.10. The highest BCUT2D eigenvalue weighted by molar-refractivity contribution is 9.10. The van der Waals surface area contributed by atoms with Crippen LogP contribution < -0.4 is 10.2 Å². The fourth-order valence-electron chi connectivity index (χ4n) is 2.33. The van der Waals surface area contributed by atoms with Crippen molar-refractivity contribution in [1.82, 2.24) is 5.43 Å². The molecule has 1 aromatic heterocycles. The Morgan fingerprint density at radius 1 is 1.23 bits per heavy atom. The fraction of sp³-hybridized carbons (Fsp3) is 0.100. The molecule has 3 rings (SSSR count). The molecule has 0 aliphatic rings. The first-order chi connectivity index (χ1) is 12.6. The van der Waals surface area contributed by atoms with E-state index in [9.17, 15) is 4.79 Å². The summed E-state index contributed by atoms with van der Waals surface area (Å²) in [7, 11) is 0. The molecule has 0 atom stereocenters. The van der Waals surface area contributed by atoms with Crippen molar-refractivity contribution in [3.05, 3.63) is 87.8 Å². The molecule has 3 aromatic rings. The third-order valence-corrected chi connectivity index (χ3v) is 4.18. The minimum absolute atomic E-state index is 0.325. The van der Waals surface area contributed by atoms with Gasteiger partial charge in [0.1, 0.15) is 18.1 Å². The molecule has 1 N–H and O–H groups in total. The summed E-state index contributed by atoms with van der Waals surface area (Å²) in [6.07, 6.45) is 3.02. The molecule has 0 saturated heterocycles. The zero-order chi connectivity index (χ0) is 18.4. The van der Waals surface area contributed by atoms with Crippen molar-refractivity contribution in [2.75, 3.05) is 0 Å². The number of rotatable bonds is 6. The van der Waals surface area contributed by atoms with Crippen LogP contribution in [-0.2, 0) is 6.61 Å². The maximum absolute atomic E-state index is 12.1. The number of amides is 1. The molecule has 0 bridgehead atoms. The Morgan fingerprint density at radius 3 is 2.77 bits per heavy atom. The van der Waals surface area contributed by atoms with Crippen molar-refractivity contribution in [2.45, 2.75) is 13.5 Å². The van der Waals surface area contributed by atoms with Crippen LogP contribution in [0, 0.1) is 6.92 Å². The first kappa shape index (κ1) is 17.9. The van der Waals surface area contributed by atoms with E-state index in [2.05, 4.69) is 26.5 Å². The molecule has 1 amide bonds. The van der Waals surface area contributed by atoms with E-state index in [1.807, 2.05) is 48.5 Å². The molecule has 0 unspecified atom stereocenters. The van der Waals surface area contributed by atoms with Crippen LogP contribution in [0.15, 0.2) is 74.9 Å². The maximum atomic E-state index is 12.1. The molecule has 132 valence electrons. The quantitative estimate of drug-likeness (QED) is 0.471. The van der Waals surface area contributed by atoms with Gasteiger partial charge >= 0.3 is 0 Å². The predicted molar refractivity (Wildman–Crippen MR) is 103 cm³/mol. The van der Waals surface area contributed by atoms with Crippen LogP contribution in [0.5, 0.6) is 5.75 Å². The van der Waals surface area contributed by atoms with Gasteiger partial charge in [-0.15, -0.1) is 0 Å². The Morgan fingerprint density at radius 2 is 2.04 bits per heavy atom. The second-order valence-corrected chi connectivity index (χ2v) is 6.46. The van der Waals surface area contributed by atoms with E-state index >= 15 is 0 Å². The van der Waals surface area contributed by atoms with E-state index in [4.69, 9.17) is 9.15 Å². The third kappa shape index (κ3) is 4.61. The monoisotopic (exact) mass is 412 g/mol. The van der Waals surface area contributed by atoms with Gasteiger partial charge in [0, 0.05) is 10.0 Å². The Labute approximate surface area is 159 Å². The van der Waals surface area contributed by atoms with E-state index in [1.54, 1.807) is 19.2 Å². The summed E-state index contributed by atoms with van der Waals surface area (Å²) < 4.78 is 11.9. The van der Waals surface area contributed by atoms with Crippen molar-refractivity contribution in [3.8, 4) is 5.75 Å². The minimum atomic E-state index is -0.325. The van der Waals surface area contributed by atoms with Crippen molar-refractivity contribution < 1.29 is 13.9 Å². The standard InChI is InChI=1S/C20H17BrN2O3/c1-14-18(9-10-25-14)20(24)23-22-12-16-11-17(21)7-8-19(16)26-13-15-5-3-2-4-6-15/h2-12H,13H2,1H3,(H,23,24)/b22-12+. The van der Waals surface area contributed by atoms with E-state index in [1.165, 1.54) is 6.26 Å². The van der Waals surface area contributed by atoms with Crippen molar-refractivity contribution in [2.24, 2.45) is 5.10 Å².